The Balaban J connectivity index is 2.44. The van der Waals surface area contributed by atoms with Crippen molar-refractivity contribution in [3.8, 4) is 11.5 Å². The molecule has 0 aromatic carbocycles. The molecule has 0 radical (unpaired) electrons. The van der Waals surface area contributed by atoms with Crippen LogP contribution in [0.5, 0.6) is 0 Å². The Morgan fingerprint density at radius 2 is 2.36 bits per heavy atom. The van der Waals surface area contributed by atoms with Gasteiger partial charge >= 0.3 is 0 Å². The normalized spacial score (nSPS) is 10.4. The van der Waals surface area contributed by atoms with E-state index < -0.39 is 0 Å². The van der Waals surface area contributed by atoms with E-state index in [0.717, 1.165) is 0 Å². The second-order valence-corrected chi connectivity index (χ2v) is 2.84. The molecule has 2 heterocycles. The zero-order valence-electron chi connectivity index (χ0n) is 7.03. The number of alkyl halides is 1. The Labute approximate surface area is 83.7 Å². The van der Waals surface area contributed by atoms with Gasteiger partial charge in [-0.25, -0.2) is 0 Å². The van der Waals surface area contributed by atoms with Crippen LogP contribution >= 0.6 is 11.6 Å². The fourth-order valence-electron chi connectivity index (χ4n) is 1.00. The molecular formula is C8H6ClN3O2. The third-order valence-electron chi connectivity index (χ3n) is 1.60. The van der Waals surface area contributed by atoms with Crippen molar-refractivity contribution < 1.29 is 4.42 Å². The van der Waals surface area contributed by atoms with E-state index in [-0.39, 0.29) is 11.4 Å². The molecule has 0 amide bonds. The van der Waals surface area contributed by atoms with E-state index in [1.54, 1.807) is 6.07 Å². The van der Waals surface area contributed by atoms with Gasteiger partial charge in [-0.1, -0.05) is 0 Å². The average Bonchev–Trinajstić information content (AvgIpc) is 2.66. The van der Waals surface area contributed by atoms with Gasteiger partial charge < -0.3 is 9.40 Å². The van der Waals surface area contributed by atoms with Gasteiger partial charge in [0, 0.05) is 17.8 Å². The van der Waals surface area contributed by atoms with E-state index >= 15 is 0 Å². The predicted octanol–water partition coefficient (Wildman–Crippen LogP) is 1.16. The fraction of sp³-hybridized carbons (Fsp3) is 0.125. The monoisotopic (exact) mass is 211 g/mol. The first-order valence-electron chi connectivity index (χ1n) is 3.87. The summed E-state index contributed by atoms with van der Waals surface area (Å²) in [5.74, 6) is 0.796. The van der Waals surface area contributed by atoms with Gasteiger partial charge in [-0.3, -0.25) is 4.79 Å². The maximum Gasteiger partial charge on any atom is 0.248 e. The Hall–Kier alpha value is -1.62. The summed E-state index contributed by atoms with van der Waals surface area (Å²) in [5, 5.41) is 7.42. The zero-order chi connectivity index (χ0) is 9.97. The van der Waals surface area contributed by atoms with Crippen LogP contribution in [0.1, 0.15) is 5.89 Å². The highest BCUT2D eigenvalue weighted by atomic mass is 35.5. The van der Waals surface area contributed by atoms with E-state index in [0.29, 0.717) is 17.3 Å². The SMILES string of the molecule is O=c1cc(-c2nnc(CCl)o2)cc[nH]1. The van der Waals surface area contributed by atoms with Crippen LogP contribution in [0.2, 0.25) is 0 Å². The number of rotatable bonds is 2. The summed E-state index contributed by atoms with van der Waals surface area (Å²) in [6.45, 7) is 0. The van der Waals surface area contributed by atoms with Gasteiger partial charge in [0.1, 0.15) is 5.88 Å². The number of nitrogens with one attached hydrogen (secondary N) is 1. The predicted molar refractivity (Wildman–Crippen MR) is 49.9 cm³/mol. The molecule has 1 N–H and O–H groups in total. The number of halogens is 1. The quantitative estimate of drug-likeness (QED) is 0.757. The lowest BCUT2D eigenvalue weighted by atomic mass is 10.3. The molecule has 0 fully saturated rings. The number of aromatic nitrogens is 3. The number of hydrogen-bond acceptors (Lipinski definition) is 4. The molecule has 0 atom stereocenters. The summed E-state index contributed by atoms with van der Waals surface area (Å²) in [6.07, 6.45) is 1.52. The maximum atomic E-state index is 11.0. The molecule has 6 heteroatoms. The Bertz CT molecular complexity index is 491. The standard InChI is InChI=1S/C8H6ClN3O2/c9-4-7-11-12-8(14-7)5-1-2-10-6(13)3-5/h1-3H,4H2,(H,10,13). The summed E-state index contributed by atoms with van der Waals surface area (Å²) < 4.78 is 5.17. The van der Waals surface area contributed by atoms with Crippen LogP contribution in [0.3, 0.4) is 0 Å². The summed E-state index contributed by atoms with van der Waals surface area (Å²) in [4.78, 5) is 13.5. The molecule has 0 spiro atoms. The number of pyridine rings is 1. The minimum atomic E-state index is -0.215. The molecule has 0 unspecified atom stereocenters. The first-order valence-corrected chi connectivity index (χ1v) is 4.40. The molecule has 5 nitrogen and oxygen atoms in total. The smallest absolute Gasteiger partial charge is 0.248 e. The molecule has 2 aromatic heterocycles. The molecule has 0 aliphatic heterocycles. The molecule has 0 aliphatic carbocycles. The van der Waals surface area contributed by atoms with Crippen molar-refractivity contribution >= 4 is 11.6 Å². The van der Waals surface area contributed by atoms with Crippen LogP contribution in [0.25, 0.3) is 11.5 Å². The van der Waals surface area contributed by atoms with Crippen LogP contribution in [0.15, 0.2) is 27.5 Å². The van der Waals surface area contributed by atoms with Crippen molar-refractivity contribution in [2.45, 2.75) is 5.88 Å². The number of aromatic amines is 1. The largest absolute Gasteiger partial charge is 0.419 e. The van der Waals surface area contributed by atoms with Gasteiger partial charge in [-0.05, 0) is 6.07 Å². The van der Waals surface area contributed by atoms with Crippen LogP contribution in [-0.2, 0) is 5.88 Å². The minimum absolute atomic E-state index is 0.163. The topological polar surface area (TPSA) is 71.8 Å². The highest BCUT2D eigenvalue weighted by Crippen LogP contribution is 2.15. The summed E-state index contributed by atoms with van der Waals surface area (Å²) >= 11 is 5.49. The van der Waals surface area contributed by atoms with Gasteiger partial charge in [0.2, 0.25) is 17.3 Å². The molecule has 2 aromatic rings. The summed E-state index contributed by atoms with van der Waals surface area (Å²) in [5.41, 5.74) is 0.366. The van der Waals surface area contributed by atoms with E-state index in [4.69, 9.17) is 16.0 Å². The molecule has 14 heavy (non-hydrogen) atoms. The molecule has 0 saturated carbocycles. The van der Waals surface area contributed by atoms with Gasteiger partial charge in [0.25, 0.3) is 0 Å². The lowest BCUT2D eigenvalue weighted by molar-refractivity contribution is 0.527. The molecular weight excluding hydrogens is 206 g/mol. The van der Waals surface area contributed by atoms with Crippen LogP contribution in [0.4, 0.5) is 0 Å². The zero-order valence-corrected chi connectivity index (χ0v) is 7.78. The van der Waals surface area contributed by atoms with Crippen LogP contribution in [-0.4, -0.2) is 15.2 Å². The van der Waals surface area contributed by atoms with Crippen LogP contribution < -0.4 is 5.56 Å². The van der Waals surface area contributed by atoms with Gasteiger partial charge in [0.05, 0.1) is 0 Å². The third kappa shape index (κ3) is 1.67. The van der Waals surface area contributed by atoms with Gasteiger partial charge in [0.15, 0.2) is 0 Å². The van der Waals surface area contributed by atoms with E-state index in [2.05, 4.69) is 15.2 Å². The fourth-order valence-corrected chi connectivity index (χ4v) is 1.11. The molecule has 0 aliphatic rings. The van der Waals surface area contributed by atoms with Crippen molar-refractivity contribution in [1.29, 1.82) is 0 Å². The highest BCUT2D eigenvalue weighted by molar-refractivity contribution is 6.16. The number of nitrogens with zero attached hydrogens (tertiary/aromatic N) is 2. The first-order chi connectivity index (χ1) is 6.79. The second kappa shape index (κ2) is 3.63. The first kappa shape index (κ1) is 8.96. The average molecular weight is 212 g/mol. The number of hydrogen-bond donors (Lipinski definition) is 1. The van der Waals surface area contributed by atoms with Crippen molar-refractivity contribution in [2.75, 3.05) is 0 Å². The minimum Gasteiger partial charge on any atom is -0.419 e. The summed E-state index contributed by atoms with van der Waals surface area (Å²) in [6, 6.07) is 3.05. The van der Waals surface area contributed by atoms with E-state index in [9.17, 15) is 4.79 Å². The highest BCUT2D eigenvalue weighted by Gasteiger charge is 2.07. The molecule has 2 rings (SSSR count). The second-order valence-electron chi connectivity index (χ2n) is 2.58. The third-order valence-corrected chi connectivity index (χ3v) is 1.83. The number of H-pyrrole nitrogens is 1. The van der Waals surface area contributed by atoms with Crippen molar-refractivity contribution in [3.05, 3.63) is 34.6 Å². The van der Waals surface area contributed by atoms with Crippen molar-refractivity contribution in [2.24, 2.45) is 0 Å². The molecule has 72 valence electrons. The molecule has 0 saturated heterocycles. The maximum absolute atomic E-state index is 11.0. The van der Waals surface area contributed by atoms with Gasteiger partial charge in [-0.2, -0.15) is 0 Å². The Morgan fingerprint density at radius 1 is 1.50 bits per heavy atom. The van der Waals surface area contributed by atoms with Crippen LogP contribution in [0, 0.1) is 0 Å². The summed E-state index contributed by atoms with van der Waals surface area (Å²) in [7, 11) is 0. The Kier molecular flexibility index (Phi) is 2.32. The van der Waals surface area contributed by atoms with E-state index in [1.165, 1.54) is 12.3 Å². The van der Waals surface area contributed by atoms with Gasteiger partial charge in [-0.15, -0.1) is 21.8 Å². The molecule has 0 bridgehead atoms. The lowest BCUT2D eigenvalue weighted by Crippen LogP contribution is -2.01. The van der Waals surface area contributed by atoms with Crippen molar-refractivity contribution in [3.63, 3.8) is 0 Å². The van der Waals surface area contributed by atoms with Crippen molar-refractivity contribution in [1.82, 2.24) is 15.2 Å². The lowest BCUT2D eigenvalue weighted by Gasteiger charge is -1.90. The Morgan fingerprint density at radius 3 is 3.00 bits per heavy atom. The van der Waals surface area contributed by atoms with E-state index in [1.807, 2.05) is 0 Å².